The van der Waals surface area contributed by atoms with Gasteiger partial charge in [0.15, 0.2) is 0 Å². The number of para-hydroxylation sites is 1. The van der Waals surface area contributed by atoms with Crippen LogP contribution in [0.5, 0.6) is 0 Å². The summed E-state index contributed by atoms with van der Waals surface area (Å²) in [5.41, 5.74) is 9.26. The molecule has 0 spiro atoms. The van der Waals surface area contributed by atoms with Crippen LogP contribution >= 0.6 is 11.6 Å². The maximum Gasteiger partial charge on any atom is 0.0712 e. The van der Waals surface area contributed by atoms with Crippen LogP contribution in [0.2, 0.25) is 5.02 Å². The zero-order valence-corrected chi connectivity index (χ0v) is 19.6. The summed E-state index contributed by atoms with van der Waals surface area (Å²) in [6.07, 6.45) is 18.0. The highest BCUT2D eigenvalue weighted by molar-refractivity contribution is 6.36. The van der Waals surface area contributed by atoms with E-state index in [1.54, 1.807) is 0 Å². The van der Waals surface area contributed by atoms with Gasteiger partial charge in [-0.2, -0.15) is 0 Å². The summed E-state index contributed by atoms with van der Waals surface area (Å²) in [7, 11) is 0. The first-order chi connectivity index (χ1) is 16.1. The SMILES string of the molecule is C1=CCC2=Nc3ccccc3C2=C1.CC12CCCC=C1C=Cc1c2cc(Cl)c2ccccc12. The fourth-order valence-corrected chi connectivity index (χ4v) is 5.91. The number of hydrogen-bond acceptors (Lipinski definition) is 1. The van der Waals surface area contributed by atoms with E-state index >= 15 is 0 Å². The second-order valence-corrected chi connectivity index (χ2v) is 9.78. The van der Waals surface area contributed by atoms with E-state index in [1.807, 2.05) is 6.07 Å². The average molecular weight is 448 g/mol. The van der Waals surface area contributed by atoms with E-state index < -0.39 is 0 Å². The fourth-order valence-electron chi connectivity index (χ4n) is 5.63. The van der Waals surface area contributed by atoms with E-state index in [4.69, 9.17) is 11.6 Å². The number of halogens is 1. The van der Waals surface area contributed by atoms with Crippen molar-refractivity contribution in [3.8, 4) is 0 Å². The molecule has 162 valence electrons. The van der Waals surface area contributed by atoms with Crippen LogP contribution in [0.4, 0.5) is 5.69 Å². The third kappa shape index (κ3) is 3.34. The Labute approximate surface area is 200 Å². The molecule has 7 rings (SSSR count). The largest absolute Gasteiger partial charge is 0.252 e. The summed E-state index contributed by atoms with van der Waals surface area (Å²) in [5.74, 6) is 0. The van der Waals surface area contributed by atoms with Gasteiger partial charge in [0, 0.05) is 33.4 Å². The minimum atomic E-state index is 0.135. The number of fused-ring (bicyclic) bond motifs is 8. The van der Waals surface area contributed by atoms with Crippen molar-refractivity contribution in [2.45, 2.75) is 38.0 Å². The fraction of sp³-hybridized carbons (Fsp3) is 0.194. The summed E-state index contributed by atoms with van der Waals surface area (Å²) in [4.78, 5) is 4.57. The molecule has 3 aliphatic carbocycles. The zero-order valence-electron chi connectivity index (χ0n) is 18.8. The monoisotopic (exact) mass is 447 g/mol. The number of nitrogens with zero attached hydrogens (tertiary/aromatic N) is 1. The Bertz CT molecular complexity index is 1430. The lowest BCUT2D eigenvalue weighted by molar-refractivity contribution is 0.473. The van der Waals surface area contributed by atoms with Gasteiger partial charge in [0.25, 0.3) is 0 Å². The third-order valence-corrected chi connectivity index (χ3v) is 7.73. The van der Waals surface area contributed by atoms with Crippen molar-refractivity contribution in [1.29, 1.82) is 0 Å². The van der Waals surface area contributed by atoms with E-state index in [9.17, 15) is 0 Å². The zero-order chi connectivity index (χ0) is 22.4. The summed E-state index contributed by atoms with van der Waals surface area (Å²) < 4.78 is 0. The number of allylic oxidation sites excluding steroid dienone is 7. The van der Waals surface area contributed by atoms with Crippen LogP contribution in [-0.4, -0.2) is 5.71 Å². The van der Waals surface area contributed by atoms with Crippen LogP contribution in [0.3, 0.4) is 0 Å². The first-order valence-electron chi connectivity index (χ1n) is 11.8. The number of rotatable bonds is 0. The van der Waals surface area contributed by atoms with Crippen molar-refractivity contribution in [3.05, 3.63) is 112 Å². The molecule has 33 heavy (non-hydrogen) atoms. The third-order valence-electron chi connectivity index (χ3n) is 7.41. The van der Waals surface area contributed by atoms with Crippen LogP contribution < -0.4 is 0 Å². The molecular formula is C31H26ClN. The van der Waals surface area contributed by atoms with E-state index in [0.717, 1.165) is 22.5 Å². The molecule has 0 fully saturated rings. The molecular weight excluding hydrogens is 422 g/mol. The molecule has 0 bridgehead atoms. The van der Waals surface area contributed by atoms with Gasteiger partial charge >= 0.3 is 0 Å². The van der Waals surface area contributed by atoms with Crippen molar-refractivity contribution in [3.63, 3.8) is 0 Å². The van der Waals surface area contributed by atoms with Gasteiger partial charge in [-0.1, -0.05) is 97.4 Å². The van der Waals surface area contributed by atoms with E-state index in [1.165, 1.54) is 58.2 Å². The Morgan fingerprint density at radius 2 is 1.79 bits per heavy atom. The van der Waals surface area contributed by atoms with Crippen LogP contribution in [0.15, 0.2) is 95.5 Å². The van der Waals surface area contributed by atoms with Gasteiger partial charge in [-0.25, -0.2) is 0 Å². The van der Waals surface area contributed by atoms with Crippen molar-refractivity contribution >= 4 is 45.4 Å². The lowest BCUT2D eigenvalue weighted by Gasteiger charge is -2.39. The average Bonchev–Trinajstić information content (AvgIpc) is 3.23. The van der Waals surface area contributed by atoms with Gasteiger partial charge in [0.2, 0.25) is 0 Å². The predicted octanol–water partition coefficient (Wildman–Crippen LogP) is 9.00. The molecule has 3 aromatic rings. The van der Waals surface area contributed by atoms with E-state index in [0.29, 0.717) is 0 Å². The normalized spacial score (nSPS) is 21.6. The molecule has 4 aliphatic rings. The topological polar surface area (TPSA) is 12.4 Å². The highest BCUT2D eigenvalue weighted by Crippen LogP contribution is 2.48. The van der Waals surface area contributed by atoms with Crippen molar-refractivity contribution in [2.75, 3.05) is 0 Å². The molecule has 1 nitrogen and oxygen atoms in total. The molecule has 0 aromatic heterocycles. The molecule has 0 saturated heterocycles. The Hall–Kier alpha value is -3.16. The number of aliphatic imine (C=N–C) groups is 1. The molecule has 1 heterocycles. The first-order valence-corrected chi connectivity index (χ1v) is 12.2. The standard InChI is InChI=1S/C19H17Cl.C12H9N/c1-19-11-5-4-6-13(19)9-10-15-14-7-2-3-8-16(14)18(20)12-17(15)19;1-3-7-11-9(5-1)10-6-2-4-8-12(10)13-11/h2-3,6-10,12H,4-5,11H2,1H3;1-7H,8H2. The Morgan fingerprint density at radius 1 is 0.970 bits per heavy atom. The molecule has 0 radical (unpaired) electrons. The van der Waals surface area contributed by atoms with E-state index in [-0.39, 0.29) is 5.41 Å². The minimum Gasteiger partial charge on any atom is -0.252 e. The Morgan fingerprint density at radius 3 is 2.70 bits per heavy atom. The first kappa shape index (κ1) is 20.4. The van der Waals surface area contributed by atoms with Gasteiger partial charge < -0.3 is 0 Å². The molecule has 1 atom stereocenters. The van der Waals surface area contributed by atoms with Gasteiger partial charge in [-0.05, 0) is 53.5 Å². The summed E-state index contributed by atoms with van der Waals surface area (Å²) >= 11 is 6.54. The van der Waals surface area contributed by atoms with Gasteiger partial charge in [0.05, 0.1) is 11.4 Å². The van der Waals surface area contributed by atoms with Crippen LogP contribution in [0.1, 0.15) is 49.3 Å². The van der Waals surface area contributed by atoms with Crippen LogP contribution in [-0.2, 0) is 5.41 Å². The Balaban J connectivity index is 0.000000137. The molecule has 0 N–H and O–H groups in total. The molecule has 1 unspecified atom stereocenters. The van der Waals surface area contributed by atoms with Crippen molar-refractivity contribution < 1.29 is 0 Å². The van der Waals surface area contributed by atoms with Gasteiger partial charge in [-0.15, -0.1) is 0 Å². The second-order valence-electron chi connectivity index (χ2n) is 9.37. The summed E-state index contributed by atoms with van der Waals surface area (Å²) in [6.45, 7) is 2.37. The maximum atomic E-state index is 6.54. The number of hydrogen-bond donors (Lipinski definition) is 0. The van der Waals surface area contributed by atoms with Gasteiger partial charge in [-0.3, -0.25) is 4.99 Å². The van der Waals surface area contributed by atoms with Crippen molar-refractivity contribution in [1.82, 2.24) is 0 Å². The van der Waals surface area contributed by atoms with Gasteiger partial charge in [0.1, 0.15) is 0 Å². The number of benzene rings is 3. The molecule has 3 aromatic carbocycles. The lowest BCUT2D eigenvalue weighted by Crippen LogP contribution is -2.29. The predicted molar refractivity (Wildman–Crippen MR) is 143 cm³/mol. The molecule has 1 aliphatic heterocycles. The summed E-state index contributed by atoms with van der Waals surface area (Å²) in [5, 5.41) is 3.31. The van der Waals surface area contributed by atoms with Crippen molar-refractivity contribution in [2.24, 2.45) is 4.99 Å². The van der Waals surface area contributed by atoms with Crippen LogP contribution in [0.25, 0.3) is 22.4 Å². The highest BCUT2D eigenvalue weighted by atomic mass is 35.5. The minimum absolute atomic E-state index is 0.135. The summed E-state index contributed by atoms with van der Waals surface area (Å²) in [6, 6.07) is 19.0. The quantitative estimate of drug-likeness (QED) is 0.326. The molecule has 2 heteroatoms. The highest BCUT2D eigenvalue weighted by Gasteiger charge is 2.36. The maximum absolute atomic E-state index is 6.54. The Kier molecular flexibility index (Phi) is 4.96. The lowest BCUT2D eigenvalue weighted by atomic mass is 9.65. The van der Waals surface area contributed by atoms with Crippen LogP contribution in [0, 0.1) is 0 Å². The smallest absolute Gasteiger partial charge is 0.0712 e. The second kappa shape index (κ2) is 8.01. The van der Waals surface area contributed by atoms with E-state index in [2.05, 4.69) is 96.9 Å². The molecule has 0 saturated carbocycles. The molecule has 0 amide bonds.